The average Bonchev–Trinajstić information content (AvgIpc) is 3.20. The number of imidazole rings is 1. The topological polar surface area (TPSA) is 64.4 Å². The van der Waals surface area contributed by atoms with E-state index >= 15 is 0 Å². The predicted molar refractivity (Wildman–Crippen MR) is 79.4 cm³/mol. The van der Waals surface area contributed by atoms with Crippen molar-refractivity contribution in [1.82, 2.24) is 14.5 Å². The number of hydrogen-bond acceptors (Lipinski definition) is 4. The molecule has 6 nitrogen and oxygen atoms in total. The van der Waals surface area contributed by atoms with E-state index in [1.54, 1.807) is 0 Å². The molecule has 114 valence electrons. The molecule has 1 aromatic heterocycles. The lowest BCUT2D eigenvalue weighted by Crippen LogP contribution is -2.31. The highest BCUT2D eigenvalue weighted by molar-refractivity contribution is 5.92. The van der Waals surface area contributed by atoms with Gasteiger partial charge in [-0.3, -0.25) is 4.79 Å². The Hall–Kier alpha value is -2.37. The summed E-state index contributed by atoms with van der Waals surface area (Å²) < 4.78 is 7.05. The number of para-hydroxylation sites is 2. The van der Waals surface area contributed by atoms with Crippen molar-refractivity contribution in [2.75, 3.05) is 13.2 Å². The Bertz CT molecular complexity index is 752. The first-order chi connectivity index (χ1) is 10.7. The predicted octanol–water partition coefficient (Wildman–Crippen LogP) is 2.28. The molecule has 22 heavy (non-hydrogen) atoms. The van der Waals surface area contributed by atoms with E-state index in [-0.39, 0.29) is 11.8 Å². The van der Waals surface area contributed by atoms with Crippen LogP contribution in [-0.4, -0.2) is 39.6 Å². The van der Waals surface area contributed by atoms with Gasteiger partial charge in [-0.05, 0) is 25.0 Å². The number of benzene rings is 1. The van der Waals surface area contributed by atoms with Gasteiger partial charge in [0.15, 0.2) is 0 Å². The Morgan fingerprint density at radius 3 is 3.00 bits per heavy atom. The monoisotopic (exact) mass is 299 g/mol. The lowest BCUT2D eigenvalue weighted by Gasteiger charge is -2.12. The van der Waals surface area contributed by atoms with Crippen molar-refractivity contribution in [3.05, 3.63) is 30.1 Å². The van der Waals surface area contributed by atoms with Gasteiger partial charge >= 0.3 is 6.09 Å². The van der Waals surface area contributed by atoms with Crippen molar-refractivity contribution in [3.63, 3.8) is 0 Å². The van der Waals surface area contributed by atoms with Gasteiger partial charge in [-0.25, -0.2) is 14.7 Å². The molecule has 2 aliphatic heterocycles. The minimum atomic E-state index is -0.510. The molecule has 2 aliphatic rings. The van der Waals surface area contributed by atoms with Crippen LogP contribution in [0.2, 0.25) is 0 Å². The molecule has 2 amide bonds. The SMILES string of the molecule is O=C(CCC1CCn2c1nc1ccccc12)N1CCOC1=O. The van der Waals surface area contributed by atoms with Gasteiger partial charge in [0.1, 0.15) is 12.4 Å². The molecule has 1 fully saturated rings. The number of aryl methyl sites for hydroxylation is 1. The van der Waals surface area contributed by atoms with Crippen LogP contribution < -0.4 is 0 Å². The summed E-state index contributed by atoms with van der Waals surface area (Å²) in [5, 5.41) is 0. The number of hydrogen-bond donors (Lipinski definition) is 0. The number of fused-ring (bicyclic) bond motifs is 3. The van der Waals surface area contributed by atoms with Crippen LogP contribution in [0.15, 0.2) is 24.3 Å². The minimum absolute atomic E-state index is 0.142. The summed E-state index contributed by atoms with van der Waals surface area (Å²) in [6.07, 6.45) is 1.59. The number of cyclic esters (lactones) is 1. The highest BCUT2D eigenvalue weighted by Gasteiger charge is 2.31. The Kier molecular flexibility index (Phi) is 3.10. The second kappa shape index (κ2) is 5.12. The molecule has 1 unspecified atom stereocenters. The fourth-order valence-electron chi connectivity index (χ4n) is 3.38. The lowest BCUT2D eigenvalue weighted by atomic mass is 10.0. The smallest absolute Gasteiger partial charge is 0.416 e. The molecular weight excluding hydrogens is 282 g/mol. The number of carbonyl (C=O) groups is 2. The van der Waals surface area contributed by atoms with E-state index in [0.717, 1.165) is 36.2 Å². The van der Waals surface area contributed by atoms with Gasteiger partial charge in [-0.1, -0.05) is 12.1 Å². The summed E-state index contributed by atoms with van der Waals surface area (Å²) in [6.45, 7) is 1.63. The van der Waals surface area contributed by atoms with E-state index in [9.17, 15) is 9.59 Å². The zero-order valence-electron chi connectivity index (χ0n) is 12.2. The zero-order chi connectivity index (χ0) is 15.1. The minimum Gasteiger partial charge on any atom is -0.447 e. The molecule has 0 saturated carbocycles. The van der Waals surface area contributed by atoms with Gasteiger partial charge in [0.2, 0.25) is 5.91 Å². The third-order valence-electron chi connectivity index (χ3n) is 4.52. The number of carbonyl (C=O) groups excluding carboxylic acids is 2. The molecule has 0 bridgehead atoms. The molecule has 0 N–H and O–H groups in total. The van der Waals surface area contributed by atoms with Crippen LogP contribution in [0.25, 0.3) is 11.0 Å². The third-order valence-corrected chi connectivity index (χ3v) is 4.52. The molecule has 1 atom stereocenters. The van der Waals surface area contributed by atoms with Crippen molar-refractivity contribution in [1.29, 1.82) is 0 Å². The molecule has 6 heteroatoms. The van der Waals surface area contributed by atoms with Gasteiger partial charge in [-0.2, -0.15) is 0 Å². The third kappa shape index (κ3) is 2.06. The van der Waals surface area contributed by atoms with Crippen molar-refractivity contribution in [2.24, 2.45) is 0 Å². The molecule has 1 saturated heterocycles. The second-order valence-corrected chi connectivity index (χ2v) is 5.79. The highest BCUT2D eigenvalue weighted by atomic mass is 16.6. The van der Waals surface area contributed by atoms with E-state index in [1.165, 1.54) is 4.90 Å². The fraction of sp³-hybridized carbons (Fsp3) is 0.438. The molecule has 0 radical (unpaired) electrons. The lowest BCUT2D eigenvalue weighted by molar-refractivity contribution is -0.127. The van der Waals surface area contributed by atoms with E-state index in [1.807, 2.05) is 18.2 Å². The van der Waals surface area contributed by atoms with Gasteiger partial charge in [0.05, 0.1) is 17.6 Å². The van der Waals surface area contributed by atoms with Gasteiger partial charge < -0.3 is 9.30 Å². The molecule has 1 aromatic carbocycles. The van der Waals surface area contributed by atoms with Crippen LogP contribution in [0.1, 0.15) is 31.0 Å². The van der Waals surface area contributed by atoms with Crippen LogP contribution in [0, 0.1) is 0 Å². The van der Waals surface area contributed by atoms with Gasteiger partial charge in [-0.15, -0.1) is 0 Å². The van der Waals surface area contributed by atoms with Crippen molar-refractivity contribution in [3.8, 4) is 0 Å². The number of rotatable bonds is 3. The Morgan fingerprint density at radius 1 is 1.32 bits per heavy atom. The standard InChI is InChI=1S/C16H17N3O3/c20-14(19-9-10-22-16(19)21)6-5-11-7-8-18-13-4-2-1-3-12(13)17-15(11)18/h1-4,11H,5-10H2. The van der Waals surface area contributed by atoms with E-state index in [4.69, 9.17) is 9.72 Å². The second-order valence-electron chi connectivity index (χ2n) is 5.79. The Labute approximate surface area is 127 Å². The molecule has 0 spiro atoms. The molecule has 2 aromatic rings. The Balaban J connectivity index is 1.47. The van der Waals surface area contributed by atoms with Crippen LogP contribution in [0.4, 0.5) is 4.79 Å². The maximum absolute atomic E-state index is 12.1. The molecule has 3 heterocycles. The van der Waals surface area contributed by atoms with E-state index < -0.39 is 6.09 Å². The summed E-state index contributed by atoms with van der Waals surface area (Å²) in [7, 11) is 0. The van der Waals surface area contributed by atoms with Crippen LogP contribution in [-0.2, 0) is 16.1 Å². The van der Waals surface area contributed by atoms with E-state index in [0.29, 0.717) is 19.6 Å². The summed E-state index contributed by atoms with van der Waals surface area (Å²) in [5.74, 6) is 1.21. The quantitative estimate of drug-likeness (QED) is 0.872. The maximum Gasteiger partial charge on any atom is 0.416 e. The summed E-state index contributed by atoms with van der Waals surface area (Å²) in [5.41, 5.74) is 2.17. The maximum atomic E-state index is 12.1. The summed E-state index contributed by atoms with van der Waals surface area (Å²) in [4.78, 5) is 29.4. The van der Waals surface area contributed by atoms with E-state index in [2.05, 4.69) is 10.6 Å². The van der Waals surface area contributed by atoms with Gasteiger partial charge in [0.25, 0.3) is 0 Å². The first-order valence-corrected chi connectivity index (χ1v) is 7.66. The molecule has 0 aliphatic carbocycles. The number of ether oxygens (including phenoxy) is 1. The van der Waals surface area contributed by atoms with Crippen LogP contribution in [0.5, 0.6) is 0 Å². The number of amides is 2. The van der Waals surface area contributed by atoms with Crippen LogP contribution in [0.3, 0.4) is 0 Å². The van der Waals surface area contributed by atoms with Gasteiger partial charge in [0, 0.05) is 18.9 Å². The first kappa shape index (κ1) is 13.3. The molecule has 4 rings (SSSR count). The van der Waals surface area contributed by atoms with Crippen molar-refractivity contribution in [2.45, 2.75) is 31.7 Å². The molecular formula is C16H17N3O3. The number of nitrogens with zero attached hydrogens (tertiary/aromatic N) is 3. The Morgan fingerprint density at radius 2 is 2.18 bits per heavy atom. The highest BCUT2D eigenvalue weighted by Crippen LogP contribution is 2.34. The van der Waals surface area contributed by atoms with Crippen molar-refractivity contribution < 1.29 is 14.3 Å². The first-order valence-electron chi connectivity index (χ1n) is 7.66. The largest absolute Gasteiger partial charge is 0.447 e. The normalized spacial score (nSPS) is 20.5. The summed E-state index contributed by atoms with van der Waals surface area (Å²) >= 11 is 0. The van der Waals surface area contributed by atoms with Crippen LogP contribution >= 0.6 is 0 Å². The summed E-state index contributed by atoms with van der Waals surface area (Å²) in [6, 6.07) is 8.11. The fourth-order valence-corrected chi connectivity index (χ4v) is 3.38. The number of imide groups is 1. The van der Waals surface area contributed by atoms with Crippen molar-refractivity contribution >= 4 is 23.0 Å². The zero-order valence-corrected chi connectivity index (χ0v) is 12.2. The average molecular weight is 299 g/mol. The number of aromatic nitrogens is 2.